The smallest absolute Gasteiger partial charge is 0.244 e. The highest BCUT2D eigenvalue weighted by molar-refractivity contribution is 7.89. The number of rotatable bonds is 5. The normalized spacial score (nSPS) is 19.6. The van der Waals surface area contributed by atoms with Gasteiger partial charge in [-0.25, -0.2) is 8.42 Å². The molecule has 0 amide bonds. The Hall–Kier alpha value is -0.430. The van der Waals surface area contributed by atoms with E-state index in [4.69, 9.17) is 5.11 Å². The van der Waals surface area contributed by atoms with Gasteiger partial charge in [-0.1, -0.05) is 13.8 Å². The Morgan fingerprint density at radius 3 is 2.50 bits per heavy atom. The van der Waals surface area contributed by atoms with Crippen LogP contribution in [0.15, 0.2) is 11.0 Å². The Labute approximate surface area is 125 Å². The van der Waals surface area contributed by atoms with E-state index in [1.54, 1.807) is 17.3 Å². The third-order valence-corrected chi connectivity index (χ3v) is 7.74. The largest absolute Gasteiger partial charge is 0.391 e. The molecule has 0 saturated carbocycles. The Morgan fingerprint density at radius 2 is 2.05 bits per heavy atom. The summed E-state index contributed by atoms with van der Waals surface area (Å²) in [6.45, 7) is 7.20. The molecule has 0 spiro atoms. The van der Waals surface area contributed by atoms with Gasteiger partial charge in [-0.3, -0.25) is 0 Å². The van der Waals surface area contributed by atoms with E-state index in [0.717, 1.165) is 24.1 Å². The zero-order valence-corrected chi connectivity index (χ0v) is 14.0. The molecule has 1 aliphatic rings. The zero-order valence-electron chi connectivity index (χ0n) is 12.3. The van der Waals surface area contributed by atoms with Gasteiger partial charge in [0.25, 0.3) is 0 Å². The van der Waals surface area contributed by atoms with Gasteiger partial charge in [-0.2, -0.15) is 4.31 Å². The van der Waals surface area contributed by atoms with E-state index in [2.05, 4.69) is 13.8 Å². The van der Waals surface area contributed by atoms with Gasteiger partial charge in [0.15, 0.2) is 0 Å². The molecule has 4 nitrogen and oxygen atoms in total. The van der Waals surface area contributed by atoms with E-state index >= 15 is 0 Å². The van der Waals surface area contributed by atoms with Gasteiger partial charge < -0.3 is 5.11 Å². The van der Waals surface area contributed by atoms with Crippen molar-refractivity contribution in [3.63, 3.8) is 0 Å². The lowest BCUT2D eigenvalue weighted by Crippen LogP contribution is -2.32. The van der Waals surface area contributed by atoms with Crippen molar-refractivity contribution in [1.82, 2.24) is 4.31 Å². The minimum atomic E-state index is -3.42. The van der Waals surface area contributed by atoms with Crippen LogP contribution in [0.1, 0.15) is 42.9 Å². The molecule has 20 heavy (non-hydrogen) atoms. The lowest BCUT2D eigenvalue weighted by molar-refractivity contribution is 0.279. The summed E-state index contributed by atoms with van der Waals surface area (Å²) in [6.07, 6.45) is 2.97. The van der Waals surface area contributed by atoms with Gasteiger partial charge in [0.05, 0.1) is 11.5 Å². The maximum absolute atomic E-state index is 12.8. The van der Waals surface area contributed by atoms with Crippen LogP contribution in [-0.2, 0) is 16.6 Å². The summed E-state index contributed by atoms with van der Waals surface area (Å²) in [6, 6.07) is 1.62. The number of aliphatic hydroxyl groups is 1. The molecule has 2 heterocycles. The number of aliphatic hydroxyl groups excluding tert-OH is 1. The molecule has 1 fully saturated rings. The van der Waals surface area contributed by atoms with Crippen LogP contribution in [0.25, 0.3) is 0 Å². The molecule has 0 unspecified atom stereocenters. The standard InChI is InChI=1S/C14H23NO3S2/c1-4-14(5-2)6-7-15(10-14)20(17,18)13-8-12(9-16)19-11(13)3/h8,16H,4-7,9-10H2,1-3H3. The fourth-order valence-corrected chi connectivity index (χ4v) is 5.94. The average Bonchev–Trinajstić information content (AvgIpc) is 3.03. The highest BCUT2D eigenvalue weighted by Gasteiger charge is 2.41. The van der Waals surface area contributed by atoms with Crippen LogP contribution in [0.5, 0.6) is 0 Å². The molecule has 1 aromatic rings. The maximum Gasteiger partial charge on any atom is 0.244 e. The number of nitrogens with zero attached hydrogens (tertiary/aromatic N) is 1. The van der Waals surface area contributed by atoms with Crippen molar-refractivity contribution in [2.45, 2.75) is 51.5 Å². The van der Waals surface area contributed by atoms with E-state index in [-0.39, 0.29) is 12.0 Å². The number of aryl methyl sites for hydroxylation is 1. The van der Waals surface area contributed by atoms with Crippen LogP contribution in [0.4, 0.5) is 0 Å². The summed E-state index contributed by atoms with van der Waals surface area (Å²) in [7, 11) is -3.42. The Balaban J connectivity index is 2.30. The first-order valence-electron chi connectivity index (χ1n) is 7.09. The van der Waals surface area contributed by atoms with E-state index < -0.39 is 10.0 Å². The molecular weight excluding hydrogens is 294 g/mol. The van der Waals surface area contributed by atoms with Crippen LogP contribution in [-0.4, -0.2) is 30.9 Å². The molecule has 0 radical (unpaired) electrons. The van der Waals surface area contributed by atoms with E-state index in [0.29, 0.717) is 22.9 Å². The topological polar surface area (TPSA) is 57.6 Å². The second-order valence-electron chi connectivity index (χ2n) is 5.59. The maximum atomic E-state index is 12.8. The van der Waals surface area contributed by atoms with Gasteiger partial charge >= 0.3 is 0 Å². The first kappa shape index (κ1) is 15.9. The van der Waals surface area contributed by atoms with Crippen LogP contribution < -0.4 is 0 Å². The first-order valence-corrected chi connectivity index (χ1v) is 9.34. The number of sulfonamides is 1. The zero-order chi connectivity index (χ0) is 15.0. The van der Waals surface area contributed by atoms with Crippen LogP contribution >= 0.6 is 11.3 Å². The number of hydrogen-bond donors (Lipinski definition) is 1. The molecule has 0 atom stereocenters. The Bertz CT molecular complexity index is 573. The summed E-state index contributed by atoms with van der Waals surface area (Å²) in [5.74, 6) is 0. The van der Waals surface area contributed by atoms with E-state index in [1.807, 2.05) is 0 Å². The van der Waals surface area contributed by atoms with Crippen molar-refractivity contribution >= 4 is 21.4 Å². The molecule has 1 N–H and O–H groups in total. The van der Waals surface area contributed by atoms with Gasteiger partial charge in [-0.15, -0.1) is 11.3 Å². The van der Waals surface area contributed by atoms with Gasteiger partial charge in [0, 0.05) is 22.8 Å². The van der Waals surface area contributed by atoms with Crippen molar-refractivity contribution in [1.29, 1.82) is 0 Å². The first-order chi connectivity index (χ1) is 9.38. The van der Waals surface area contributed by atoms with Gasteiger partial charge in [0.1, 0.15) is 0 Å². The fourth-order valence-electron chi connectivity index (χ4n) is 2.92. The summed E-state index contributed by atoms with van der Waals surface area (Å²) < 4.78 is 27.1. The molecule has 0 aromatic carbocycles. The average molecular weight is 317 g/mol. The molecule has 0 bridgehead atoms. The predicted octanol–water partition coefficient (Wildman–Crippen LogP) is 2.75. The fraction of sp³-hybridized carbons (Fsp3) is 0.714. The molecule has 114 valence electrons. The Morgan fingerprint density at radius 1 is 1.40 bits per heavy atom. The minimum absolute atomic E-state index is 0.102. The second kappa shape index (κ2) is 5.75. The molecule has 1 aliphatic heterocycles. The minimum Gasteiger partial charge on any atom is -0.391 e. The molecular formula is C14H23NO3S2. The second-order valence-corrected chi connectivity index (χ2v) is 8.83. The monoisotopic (exact) mass is 317 g/mol. The predicted molar refractivity (Wildman–Crippen MR) is 81.4 cm³/mol. The molecule has 1 saturated heterocycles. The van der Waals surface area contributed by atoms with Crippen molar-refractivity contribution in [2.24, 2.45) is 5.41 Å². The van der Waals surface area contributed by atoms with E-state index in [1.165, 1.54) is 11.3 Å². The molecule has 6 heteroatoms. The van der Waals surface area contributed by atoms with Gasteiger partial charge in [-0.05, 0) is 37.7 Å². The van der Waals surface area contributed by atoms with Crippen LogP contribution in [0.2, 0.25) is 0 Å². The van der Waals surface area contributed by atoms with Crippen molar-refractivity contribution in [3.05, 3.63) is 15.8 Å². The van der Waals surface area contributed by atoms with Crippen LogP contribution in [0, 0.1) is 12.3 Å². The van der Waals surface area contributed by atoms with Crippen molar-refractivity contribution < 1.29 is 13.5 Å². The number of thiophene rings is 1. The highest BCUT2D eigenvalue weighted by atomic mass is 32.2. The molecule has 2 rings (SSSR count). The van der Waals surface area contributed by atoms with Crippen molar-refractivity contribution in [2.75, 3.05) is 13.1 Å². The third-order valence-electron chi connectivity index (χ3n) is 4.60. The van der Waals surface area contributed by atoms with Crippen molar-refractivity contribution in [3.8, 4) is 0 Å². The number of hydrogen-bond acceptors (Lipinski definition) is 4. The summed E-state index contributed by atoms with van der Waals surface area (Å²) >= 11 is 1.36. The lowest BCUT2D eigenvalue weighted by atomic mass is 9.82. The SMILES string of the molecule is CCC1(CC)CCN(S(=O)(=O)c2cc(CO)sc2C)C1. The summed E-state index contributed by atoms with van der Waals surface area (Å²) in [5.41, 5.74) is 0.136. The Kier molecular flexibility index (Phi) is 4.59. The molecule has 0 aliphatic carbocycles. The summed E-state index contributed by atoms with van der Waals surface area (Å²) in [5, 5.41) is 9.17. The van der Waals surface area contributed by atoms with Crippen LogP contribution in [0.3, 0.4) is 0 Å². The third kappa shape index (κ3) is 2.66. The van der Waals surface area contributed by atoms with E-state index in [9.17, 15) is 8.42 Å². The molecule has 1 aromatic heterocycles. The highest BCUT2D eigenvalue weighted by Crippen LogP contribution is 2.40. The lowest BCUT2D eigenvalue weighted by Gasteiger charge is -2.26. The van der Waals surface area contributed by atoms with Gasteiger partial charge in [0.2, 0.25) is 10.0 Å². The summed E-state index contributed by atoms with van der Waals surface area (Å²) in [4.78, 5) is 1.84. The quantitative estimate of drug-likeness (QED) is 0.908.